The lowest BCUT2D eigenvalue weighted by Gasteiger charge is -2.23. The standard InChI is InChI=1S/C30H38N2O3/c1-4-6-18-35-29-20-26(15-14-24(29)19-30(33)34-5-2)32-17-16-25(21-32)31-22(3)27-13-9-11-23-10-7-8-12-28(23)27/h7-15,20,22,25,31H,4-6,16-19,21H2,1-3H3/t22-,25+/m1/s1. The van der Waals surface area contributed by atoms with E-state index in [4.69, 9.17) is 9.47 Å². The van der Waals surface area contributed by atoms with Crippen LogP contribution in [0.15, 0.2) is 60.7 Å². The second kappa shape index (κ2) is 12.1. The van der Waals surface area contributed by atoms with Gasteiger partial charge in [-0.3, -0.25) is 4.79 Å². The molecule has 0 radical (unpaired) electrons. The second-order valence-electron chi connectivity index (χ2n) is 9.36. The first kappa shape index (κ1) is 25.1. The van der Waals surface area contributed by atoms with Gasteiger partial charge < -0.3 is 19.7 Å². The van der Waals surface area contributed by atoms with Crippen LogP contribution < -0.4 is 15.0 Å². The molecule has 0 aromatic heterocycles. The lowest BCUT2D eigenvalue weighted by molar-refractivity contribution is -0.142. The molecule has 1 N–H and O–H groups in total. The molecule has 4 rings (SSSR count). The zero-order valence-electron chi connectivity index (χ0n) is 21.3. The fourth-order valence-electron chi connectivity index (χ4n) is 4.92. The minimum Gasteiger partial charge on any atom is -0.493 e. The molecular weight excluding hydrogens is 436 g/mol. The molecule has 5 heteroatoms. The van der Waals surface area contributed by atoms with E-state index in [1.807, 2.05) is 13.0 Å². The molecule has 35 heavy (non-hydrogen) atoms. The molecule has 0 saturated carbocycles. The van der Waals surface area contributed by atoms with Gasteiger partial charge in [-0.05, 0) is 49.1 Å². The van der Waals surface area contributed by atoms with Crippen molar-refractivity contribution < 1.29 is 14.3 Å². The van der Waals surface area contributed by atoms with Crippen molar-refractivity contribution in [3.63, 3.8) is 0 Å². The van der Waals surface area contributed by atoms with E-state index in [2.05, 4.69) is 78.7 Å². The number of nitrogens with zero attached hydrogens (tertiary/aromatic N) is 1. The third kappa shape index (κ3) is 6.34. The van der Waals surface area contributed by atoms with Crippen LogP contribution in [0, 0.1) is 0 Å². The third-order valence-corrected chi connectivity index (χ3v) is 6.78. The molecule has 0 amide bonds. The molecule has 1 saturated heterocycles. The molecule has 1 aliphatic heterocycles. The zero-order chi connectivity index (χ0) is 24.6. The number of anilines is 1. The van der Waals surface area contributed by atoms with Gasteiger partial charge in [0.2, 0.25) is 0 Å². The van der Waals surface area contributed by atoms with E-state index in [0.717, 1.165) is 49.4 Å². The number of esters is 1. The average molecular weight is 475 g/mol. The van der Waals surface area contributed by atoms with Crippen LogP contribution in [-0.2, 0) is 16.0 Å². The van der Waals surface area contributed by atoms with Gasteiger partial charge in [-0.15, -0.1) is 0 Å². The number of unbranched alkanes of at least 4 members (excludes halogenated alkanes) is 1. The Morgan fingerprint density at radius 2 is 1.94 bits per heavy atom. The fraction of sp³-hybridized carbons (Fsp3) is 0.433. The van der Waals surface area contributed by atoms with Gasteiger partial charge >= 0.3 is 5.97 Å². The summed E-state index contributed by atoms with van der Waals surface area (Å²) in [7, 11) is 0. The third-order valence-electron chi connectivity index (χ3n) is 6.78. The summed E-state index contributed by atoms with van der Waals surface area (Å²) in [6.07, 6.45) is 3.39. The summed E-state index contributed by atoms with van der Waals surface area (Å²) in [6, 6.07) is 22.1. The lowest BCUT2D eigenvalue weighted by atomic mass is 9.99. The highest BCUT2D eigenvalue weighted by Crippen LogP contribution is 2.30. The van der Waals surface area contributed by atoms with Crippen molar-refractivity contribution in [3.8, 4) is 5.75 Å². The summed E-state index contributed by atoms with van der Waals surface area (Å²) in [5.41, 5.74) is 3.38. The van der Waals surface area contributed by atoms with Crippen molar-refractivity contribution in [1.82, 2.24) is 5.32 Å². The average Bonchev–Trinajstić information content (AvgIpc) is 3.33. The summed E-state index contributed by atoms with van der Waals surface area (Å²) in [4.78, 5) is 14.5. The largest absolute Gasteiger partial charge is 0.493 e. The summed E-state index contributed by atoms with van der Waals surface area (Å²) in [6.45, 7) is 9.22. The van der Waals surface area contributed by atoms with Crippen LogP contribution >= 0.6 is 0 Å². The van der Waals surface area contributed by atoms with E-state index in [1.165, 1.54) is 16.3 Å². The molecule has 0 aliphatic carbocycles. The number of carbonyl (C=O) groups excluding carboxylic acids is 1. The van der Waals surface area contributed by atoms with E-state index in [-0.39, 0.29) is 18.4 Å². The molecule has 186 valence electrons. The lowest BCUT2D eigenvalue weighted by Crippen LogP contribution is -2.34. The van der Waals surface area contributed by atoms with Crippen LogP contribution in [0.3, 0.4) is 0 Å². The Kier molecular flexibility index (Phi) is 8.64. The fourth-order valence-corrected chi connectivity index (χ4v) is 4.92. The summed E-state index contributed by atoms with van der Waals surface area (Å²) in [5, 5.41) is 6.46. The van der Waals surface area contributed by atoms with Gasteiger partial charge in [0.25, 0.3) is 0 Å². The summed E-state index contributed by atoms with van der Waals surface area (Å²) >= 11 is 0. The Hall–Kier alpha value is -3.05. The predicted octanol–water partition coefficient (Wildman–Crippen LogP) is 6.05. The molecule has 3 aromatic rings. The monoisotopic (exact) mass is 474 g/mol. The van der Waals surface area contributed by atoms with E-state index in [0.29, 0.717) is 19.3 Å². The van der Waals surface area contributed by atoms with Crippen LogP contribution in [0.4, 0.5) is 5.69 Å². The molecule has 0 spiro atoms. The second-order valence-corrected chi connectivity index (χ2v) is 9.36. The maximum Gasteiger partial charge on any atom is 0.310 e. The van der Waals surface area contributed by atoms with Crippen molar-refractivity contribution in [1.29, 1.82) is 0 Å². The van der Waals surface area contributed by atoms with Gasteiger partial charge in [-0.2, -0.15) is 0 Å². The van der Waals surface area contributed by atoms with Gasteiger partial charge in [-0.1, -0.05) is 61.9 Å². The molecule has 0 unspecified atom stereocenters. The molecule has 1 aliphatic rings. The minimum atomic E-state index is -0.214. The first-order chi connectivity index (χ1) is 17.1. The summed E-state index contributed by atoms with van der Waals surface area (Å²) < 4.78 is 11.3. The van der Waals surface area contributed by atoms with Crippen LogP contribution in [0.25, 0.3) is 10.8 Å². The number of hydrogen-bond donors (Lipinski definition) is 1. The molecule has 1 heterocycles. The number of fused-ring (bicyclic) bond motifs is 1. The van der Waals surface area contributed by atoms with E-state index < -0.39 is 0 Å². The quantitative estimate of drug-likeness (QED) is 0.271. The number of ether oxygens (including phenoxy) is 2. The van der Waals surface area contributed by atoms with Gasteiger partial charge in [0.05, 0.1) is 19.6 Å². The van der Waals surface area contributed by atoms with Gasteiger partial charge in [0, 0.05) is 42.5 Å². The zero-order valence-corrected chi connectivity index (χ0v) is 21.3. The van der Waals surface area contributed by atoms with Gasteiger partial charge in [-0.25, -0.2) is 0 Å². The Labute approximate surface area is 209 Å². The molecule has 0 bridgehead atoms. The van der Waals surface area contributed by atoms with E-state index >= 15 is 0 Å². The number of benzene rings is 3. The smallest absolute Gasteiger partial charge is 0.310 e. The molecule has 3 aromatic carbocycles. The van der Waals surface area contributed by atoms with E-state index in [9.17, 15) is 4.79 Å². The summed E-state index contributed by atoms with van der Waals surface area (Å²) in [5.74, 6) is 0.581. The van der Waals surface area contributed by atoms with Crippen LogP contribution in [0.2, 0.25) is 0 Å². The molecular formula is C30H38N2O3. The van der Waals surface area contributed by atoms with Crippen molar-refractivity contribution in [3.05, 3.63) is 71.8 Å². The predicted molar refractivity (Wildman–Crippen MR) is 143 cm³/mol. The van der Waals surface area contributed by atoms with Gasteiger partial charge in [0.1, 0.15) is 5.75 Å². The minimum absolute atomic E-state index is 0.214. The molecule has 1 fully saturated rings. The van der Waals surface area contributed by atoms with Crippen LogP contribution in [0.5, 0.6) is 5.75 Å². The highest BCUT2D eigenvalue weighted by atomic mass is 16.5. The molecule has 2 atom stereocenters. The normalized spacial score (nSPS) is 16.4. The Morgan fingerprint density at radius 1 is 1.11 bits per heavy atom. The van der Waals surface area contributed by atoms with Crippen molar-refractivity contribution >= 4 is 22.4 Å². The number of nitrogens with one attached hydrogen (secondary N) is 1. The highest BCUT2D eigenvalue weighted by molar-refractivity contribution is 5.86. The van der Waals surface area contributed by atoms with Crippen LogP contribution in [-0.4, -0.2) is 38.3 Å². The SMILES string of the molecule is CCCCOc1cc(N2CC[C@H](N[C@H](C)c3cccc4ccccc34)C2)ccc1CC(=O)OCC. The van der Waals surface area contributed by atoms with E-state index in [1.54, 1.807) is 0 Å². The van der Waals surface area contributed by atoms with Crippen molar-refractivity contribution in [2.24, 2.45) is 0 Å². The number of hydrogen-bond acceptors (Lipinski definition) is 5. The first-order valence-corrected chi connectivity index (χ1v) is 13.0. The number of rotatable bonds is 11. The molecule has 5 nitrogen and oxygen atoms in total. The maximum atomic E-state index is 12.1. The first-order valence-electron chi connectivity index (χ1n) is 13.0. The van der Waals surface area contributed by atoms with Gasteiger partial charge in [0.15, 0.2) is 0 Å². The topological polar surface area (TPSA) is 50.8 Å². The number of carbonyl (C=O) groups is 1. The maximum absolute atomic E-state index is 12.1. The van der Waals surface area contributed by atoms with Crippen molar-refractivity contribution in [2.45, 2.75) is 58.5 Å². The Bertz CT molecular complexity index is 1120. The van der Waals surface area contributed by atoms with Crippen LogP contribution in [0.1, 0.15) is 57.2 Å². The van der Waals surface area contributed by atoms with Crippen molar-refractivity contribution in [2.75, 3.05) is 31.2 Å². The Morgan fingerprint density at radius 3 is 2.77 bits per heavy atom. The highest BCUT2D eigenvalue weighted by Gasteiger charge is 2.25. The Balaban J connectivity index is 1.44.